The molecule has 1 spiro atoms. The molecule has 13 heteroatoms. The number of phenolic OH excluding ortho intramolecular Hbond substituents is 1. The molecule has 4 aromatic rings. The van der Waals surface area contributed by atoms with Crippen molar-refractivity contribution in [2.75, 3.05) is 77.6 Å². The maximum absolute atomic E-state index is 12.7. The average Bonchev–Trinajstić information content (AvgIpc) is 3.15. The Balaban J connectivity index is 0.851. The monoisotopic (exact) mass is 713 g/mol. The minimum Gasteiger partial charge on any atom is -0.506 e. The summed E-state index contributed by atoms with van der Waals surface area (Å²) in [5.41, 5.74) is 4.00. The number of aliphatic hydroxyl groups excluding tert-OH is 1. The van der Waals surface area contributed by atoms with Crippen LogP contribution < -0.4 is 15.8 Å². The second kappa shape index (κ2) is 17.4. The van der Waals surface area contributed by atoms with Gasteiger partial charge in [-0.1, -0.05) is 30.3 Å². The number of benzene rings is 2. The number of piperidine rings is 1. The number of likely N-dealkylation sites (tertiary alicyclic amines) is 1. The van der Waals surface area contributed by atoms with Crippen molar-refractivity contribution < 1.29 is 24.5 Å². The van der Waals surface area contributed by atoms with Crippen molar-refractivity contribution in [1.29, 1.82) is 0 Å². The third-order valence-corrected chi connectivity index (χ3v) is 10.1. The number of anilines is 1. The number of phenols is 1. The van der Waals surface area contributed by atoms with Crippen molar-refractivity contribution in [2.24, 2.45) is 0 Å². The van der Waals surface area contributed by atoms with Crippen LogP contribution in [0.4, 0.5) is 5.95 Å². The van der Waals surface area contributed by atoms with Crippen LogP contribution in [0.5, 0.6) is 5.75 Å². The van der Waals surface area contributed by atoms with Crippen molar-refractivity contribution in [3.05, 3.63) is 93.5 Å². The molecule has 6 rings (SSSR count). The number of aromatic nitrogens is 3. The van der Waals surface area contributed by atoms with Gasteiger partial charge in [0.25, 0.3) is 0 Å². The van der Waals surface area contributed by atoms with Gasteiger partial charge in [0.05, 0.1) is 50.0 Å². The molecule has 4 N–H and O–H groups in total. The smallest absolute Gasteiger partial charge is 0.248 e. The van der Waals surface area contributed by atoms with E-state index in [1.807, 2.05) is 19.3 Å². The van der Waals surface area contributed by atoms with Crippen LogP contribution in [0.1, 0.15) is 47.6 Å². The van der Waals surface area contributed by atoms with Gasteiger partial charge in [0.1, 0.15) is 5.75 Å². The highest BCUT2D eigenvalue weighted by atomic mass is 16.5. The fourth-order valence-corrected chi connectivity index (χ4v) is 7.04. The molecule has 2 aromatic carbocycles. The SMILES string of the molecule is Cc1cnc(N2CCOC3(CCN(Cc4cccc(CCOCCC(=O)N(C)CCNCC(O)c5ccc(O)c6[nH]c(=O)ccc56)c4)CC3)C2)nc1. The zero-order valence-electron chi connectivity index (χ0n) is 30.2. The summed E-state index contributed by atoms with van der Waals surface area (Å²) < 4.78 is 12.2. The lowest BCUT2D eigenvalue weighted by atomic mass is 9.89. The Hall–Kier alpha value is -4.40. The number of hydrogen-bond donors (Lipinski definition) is 4. The van der Waals surface area contributed by atoms with Crippen LogP contribution in [-0.4, -0.2) is 119 Å². The number of morpholine rings is 1. The molecule has 2 aliphatic rings. The Bertz CT molecular complexity index is 1840. The highest BCUT2D eigenvalue weighted by Crippen LogP contribution is 2.32. The number of fused-ring (bicyclic) bond motifs is 1. The summed E-state index contributed by atoms with van der Waals surface area (Å²) >= 11 is 0. The van der Waals surface area contributed by atoms with E-state index in [0.29, 0.717) is 55.8 Å². The van der Waals surface area contributed by atoms with Crippen LogP contribution in [0.15, 0.2) is 65.7 Å². The van der Waals surface area contributed by atoms with Gasteiger partial charge in [-0.25, -0.2) is 9.97 Å². The zero-order chi connectivity index (χ0) is 36.5. The predicted molar refractivity (Wildman–Crippen MR) is 199 cm³/mol. The van der Waals surface area contributed by atoms with Crippen LogP contribution in [0, 0.1) is 6.92 Å². The second-order valence-corrected chi connectivity index (χ2v) is 14.0. The van der Waals surface area contributed by atoms with Crippen LogP contribution in [0.25, 0.3) is 10.9 Å². The maximum Gasteiger partial charge on any atom is 0.248 e. The Kier molecular flexibility index (Phi) is 12.5. The maximum atomic E-state index is 12.7. The Labute approximate surface area is 304 Å². The molecule has 1 amide bonds. The van der Waals surface area contributed by atoms with Gasteiger partial charge in [0, 0.05) is 76.7 Å². The number of aryl methyl sites for hydroxylation is 1. The van der Waals surface area contributed by atoms with Gasteiger partial charge in [-0.3, -0.25) is 14.5 Å². The molecule has 0 aliphatic carbocycles. The Morgan fingerprint density at radius 3 is 2.69 bits per heavy atom. The van der Waals surface area contributed by atoms with Crippen LogP contribution >= 0.6 is 0 Å². The fraction of sp³-hybridized carbons (Fsp3) is 0.487. The zero-order valence-corrected chi connectivity index (χ0v) is 30.2. The number of rotatable bonds is 15. The number of nitrogens with zero attached hydrogens (tertiary/aromatic N) is 5. The summed E-state index contributed by atoms with van der Waals surface area (Å²) in [7, 11) is 1.76. The summed E-state index contributed by atoms with van der Waals surface area (Å²) in [6.07, 6.45) is 5.95. The summed E-state index contributed by atoms with van der Waals surface area (Å²) in [4.78, 5) is 42.4. The molecule has 52 heavy (non-hydrogen) atoms. The average molecular weight is 714 g/mol. The largest absolute Gasteiger partial charge is 0.506 e. The number of aromatic amines is 1. The van der Waals surface area contributed by atoms with E-state index in [1.165, 1.54) is 23.3 Å². The molecule has 0 radical (unpaired) electrons. The summed E-state index contributed by atoms with van der Waals surface area (Å²) in [6, 6.07) is 14.7. The standard InChI is InChI=1S/C39H51N7O6/c1-28-23-41-38(42-24-28)46-18-21-52-39(27-46)12-15-45(16-13-39)26-30-5-3-4-29(22-30)10-19-51-20-11-36(50)44(2)17-14-40-25-34(48)31-6-8-33(47)37-32(31)7-9-35(49)43-37/h3-9,22-24,34,40,47-48H,10-21,25-27H2,1-2H3,(H,43,49). The molecule has 2 fully saturated rings. The lowest BCUT2D eigenvalue weighted by Gasteiger charge is -2.47. The molecular formula is C39H51N7O6. The first-order valence-electron chi connectivity index (χ1n) is 18.2. The molecule has 4 heterocycles. The van der Waals surface area contributed by atoms with Crippen molar-refractivity contribution in [2.45, 2.75) is 50.9 Å². The van der Waals surface area contributed by atoms with Crippen molar-refractivity contribution in [3.63, 3.8) is 0 Å². The van der Waals surface area contributed by atoms with Gasteiger partial charge >= 0.3 is 0 Å². The minimum atomic E-state index is -0.856. The summed E-state index contributed by atoms with van der Waals surface area (Å²) in [6.45, 7) is 9.36. The number of ether oxygens (including phenoxy) is 2. The summed E-state index contributed by atoms with van der Waals surface area (Å²) in [5.74, 6) is 0.735. The quantitative estimate of drug-likeness (QED) is 0.134. The molecule has 2 aliphatic heterocycles. The third-order valence-electron chi connectivity index (χ3n) is 10.1. The number of likely N-dealkylation sites (N-methyl/N-ethyl adjacent to an activating group) is 1. The topological polar surface area (TPSA) is 156 Å². The van der Waals surface area contributed by atoms with E-state index in [-0.39, 0.29) is 29.4 Å². The number of pyridine rings is 1. The molecule has 278 valence electrons. The minimum absolute atomic E-state index is 0.00374. The second-order valence-electron chi connectivity index (χ2n) is 14.0. The van der Waals surface area contributed by atoms with Gasteiger partial charge in [0.2, 0.25) is 17.4 Å². The number of carbonyl (C=O) groups is 1. The number of aromatic hydroxyl groups is 1. The number of amides is 1. The molecule has 2 saturated heterocycles. The molecule has 1 atom stereocenters. The number of aliphatic hydroxyl groups is 1. The first-order chi connectivity index (χ1) is 25.2. The predicted octanol–water partition coefficient (Wildman–Crippen LogP) is 2.93. The van der Waals surface area contributed by atoms with E-state index in [1.54, 1.807) is 24.1 Å². The highest BCUT2D eigenvalue weighted by molar-refractivity contribution is 5.87. The Morgan fingerprint density at radius 1 is 1.10 bits per heavy atom. The van der Waals surface area contributed by atoms with E-state index >= 15 is 0 Å². The number of H-pyrrole nitrogens is 1. The first kappa shape index (κ1) is 37.4. The number of carbonyl (C=O) groups excluding carboxylic acids is 1. The van der Waals surface area contributed by atoms with E-state index < -0.39 is 6.10 Å². The van der Waals surface area contributed by atoms with E-state index in [4.69, 9.17) is 9.47 Å². The van der Waals surface area contributed by atoms with E-state index in [0.717, 1.165) is 63.5 Å². The number of hydrogen-bond acceptors (Lipinski definition) is 11. The van der Waals surface area contributed by atoms with Gasteiger partial charge < -0.3 is 39.8 Å². The van der Waals surface area contributed by atoms with E-state index in [2.05, 4.69) is 54.3 Å². The van der Waals surface area contributed by atoms with Crippen molar-refractivity contribution in [1.82, 2.24) is 30.1 Å². The molecule has 1 unspecified atom stereocenters. The molecule has 13 nitrogen and oxygen atoms in total. The lowest BCUT2D eigenvalue weighted by Crippen LogP contribution is -2.57. The first-order valence-corrected chi connectivity index (χ1v) is 18.2. The van der Waals surface area contributed by atoms with E-state index in [9.17, 15) is 19.8 Å². The highest BCUT2D eigenvalue weighted by Gasteiger charge is 2.40. The van der Waals surface area contributed by atoms with Gasteiger partial charge in [-0.2, -0.15) is 0 Å². The fourth-order valence-electron chi connectivity index (χ4n) is 7.04. The molecule has 0 saturated carbocycles. The van der Waals surface area contributed by atoms with Crippen molar-refractivity contribution in [3.8, 4) is 5.75 Å². The lowest BCUT2D eigenvalue weighted by molar-refractivity contribution is -0.131. The van der Waals surface area contributed by atoms with Crippen LogP contribution in [0.2, 0.25) is 0 Å². The molecule has 0 bridgehead atoms. The van der Waals surface area contributed by atoms with Crippen LogP contribution in [-0.2, 0) is 27.2 Å². The number of nitrogens with one attached hydrogen (secondary N) is 2. The van der Waals surface area contributed by atoms with Crippen LogP contribution in [0.3, 0.4) is 0 Å². The summed E-state index contributed by atoms with van der Waals surface area (Å²) in [5, 5.41) is 24.6. The Morgan fingerprint density at radius 2 is 1.88 bits per heavy atom. The van der Waals surface area contributed by atoms with Crippen molar-refractivity contribution >= 4 is 22.8 Å². The third kappa shape index (κ3) is 9.72. The molecular weight excluding hydrogens is 662 g/mol. The normalized spacial score (nSPS) is 16.7. The van der Waals surface area contributed by atoms with Gasteiger partial charge in [0.15, 0.2) is 0 Å². The van der Waals surface area contributed by atoms with Gasteiger partial charge in [-0.15, -0.1) is 0 Å². The van der Waals surface area contributed by atoms with Gasteiger partial charge in [-0.05, 0) is 60.6 Å². The molecule has 2 aromatic heterocycles.